The van der Waals surface area contributed by atoms with Gasteiger partial charge < -0.3 is 5.11 Å². The molecule has 2 aromatic heterocycles. The number of aliphatic hydroxyl groups excluding tert-OH is 1. The summed E-state index contributed by atoms with van der Waals surface area (Å²) in [4.78, 5) is 4.58. The number of nitrogens with one attached hydrogen (secondary N) is 2. The molecule has 0 amide bonds. The number of hydrogen-bond acceptors (Lipinski definition) is 6. The van der Waals surface area contributed by atoms with Crippen molar-refractivity contribution < 1.29 is 13.5 Å². The average Bonchev–Trinajstić information content (AvgIpc) is 3.05. The molecule has 0 fully saturated rings. The molecule has 0 aliphatic rings. The Morgan fingerprint density at radius 2 is 2.26 bits per heavy atom. The van der Waals surface area contributed by atoms with Gasteiger partial charge in [0, 0.05) is 17.8 Å². The number of thiophene rings is 1. The summed E-state index contributed by atoms with van der Waals surface area (Å²) >= 11 is 1.07. The summed E-state index contributed by atoms with van der Waals surface area (Å²) in [5, 5.41) is 15.3. The summed E-state index contributed by atoms with van der Waals surface area (Å²) < 4.78 is 26.5. The number of aromatic amines is 1. The molecule has 0 atom stereocenters. The smallest absolute Gasteiger partial charge is 0.250 e. The molecule has 0 bridgehead atoms. The van der Waals surface area contributed by atoms with E-state index in [2.05, 4.69) is 19.9 Å². The molecule has 9 heteroatoms. The highest BCUT2D eigenvalue weighted by atomic mass is 32.2. The number of sulfonamides is 1. The molecule has 0 aliphatic carbocycles. The Morgan fingerprint density at radius 1 is 1.42 bits per heavy atom. The molecule has 0 aliphatic heterocycles. The van der Waals surface area contributed by atoms with E-state index in [1.807, 2.05) is 0 Å². The minimum Gasteiger partial charge on any atom is -0.391 e. The lowest BCUT2D eigenvalue weighted by Gasteiger charge is -2.03. The summed E-state index contributed by atoms with van der Waals surface area (Å²) in [7, 11) is -3.48. The molecule has 7 nitrogen and oxygen atoms in total. The van der Waals surface area contributed by atoms with E-state index in [1.165, 1.54) is 12.4 Å². The Kier molecular flexibility index (Phi) is 4.64. The first-order valence-corrected chi connectivity index (χ1v) is 7.95. The Bertz CT molecular complexity index is 607. The quantitative estimate of drug-likeness (QED) is 0.636. The predicted molar refractivity (Wildman–Crippen MR) is 70.1 cm³/mol. The summed E-state index contributed by atoms with van der Waals surface area (Å²) in [6.07, 6.45) is 2.68. The third-order valence-electron chi connectivity index (χ3n) is 2.41. The summed E-state index contributed by atoms with van der Waals surface area (Å²) in [5.41, 5.74) is 0. The van der Waals surface area contributed by atoms with E-state index in [-0.39, 0.29) is 10.8 Å². The molecular formula is C10H14N4O3S2. The van der Waals surface area contributed by atoms with E-state index in [0.29, 0.717) is 24.3 Å². The van der Waals surface area contributed by atoms with Crippen molar-refractivity contribution in [3.63, 3.8) is 0 Å². The zero-order valence-corrected chi connectivity index (χ0v) is 11.7. The molecule has 2 rings (SSSR count). The van der Waals surface area contributed by atoms with Gasteiger partial charge in [0.2, 0.25) is 10.0 Å². The summed E-state index contributed by atoms with van der Waals surface area (Å²) in [6, 6.07) is 3.10. The predicted octanol–water partition coefficient (Wildman–Crippen LogP) is 0.270. The van der Waals surface area contributed by atoms with Crippen LogP contribution < -0.4 is 4.72 Å². The Balaban J connectivity index is 1.84. The molecule has 3 N–H and O–H groups in total. The van der Waals surface area contributed by atoms with Crippen LogP contribution in [-0.2, 0) is 23.1 Å². The third-order valence-corrected chi connectivity index (χ3v) is 5.43. The van der Waals surface area contributed by atoms with Gasteiger partial charge in [-0.25, -0.2) is 18.1 Å². The highest BCUT2D eigenvalue weighted by molar-refractivity contribution is 7.91. The molecule has 0 saturated carbocycles. The van der Waals surface area contributed by atoms with Crippen LogP contribution >= 0.6 is 11.3 Å². The van der Waals surface area contributed by atoms with E-state index >= 15 is 0 Å². The first-order valence-electron chi connectivity index (χ1n) is 5.65. The first-order chi connectivity index (χ1) is 9.12. The van der Waals surface area contributed by atoms with Crippen molar-refractivity contribution in [2.75, 3.05) is 6.54 Å². The number of hydrogen-bond donors (Lipinski definition) is 3. The summed E-state index contributed by atoms with van der Waals surface area (Å²) in [5.74, 6) is 0.734. The molecule has 0 saturated heterocycles. The molecule has 2 aromatic rings. The topological polar surface area (TPSA) is 108 Å². The third kappa shape index (κ3) is 3.83. The van der Waals surface area contributed by atoms with Crippen LogP contribution in [-0.4, -0.2) is 35.3 Å². The maximum atomic E-state index is 11.9. The fourth-order valence-corrected chi connectivity index (χ4v) is 3.81. The second kappa shape index (κ2) is 6.24. The molecular weight excluding hydrogens is 288 g/mol. The molecule has 0 spiro atoms. The normalized spacial score (nSPS) is 11.8. The van der Waals surface area contributed by atoms with Crippen molar-refractivity contribution in [2.24, 2.45) is 0 Å². The van der Waals surface area contributed by atoms with Crippen molar-refractivity contribution in [1.82, 2.24) is 19.9 Å². The average molecular weight is 302 g/mol. The van der Waals surface area contributed by atoms with Crippen LogP contribution in [0.1, 0.15) is 17.1 Å². The highest BCUT2D eigenvalue weighted by Gasteiger charge is 2.15. The molecule has 19 heavy (non-hydrogen) atoms. The minimum absolute atomic E-state index is 0.147. The molecule has 0 radical (unpaired) electrons. The molecule has 0 unspecified atom stereocenters. The van der Waals surface area contributed by atoms with E-state index in [1.54, 1.807) is 6.07 Å². The molecule has 2 heterocycles. The monoisotopic (exact) mass is 302 g/mol. The van der Waals surface area contributed by atoms with E-state index in [9.17, 15) is 8.42 Å². The van der Waals surface area contributed by atoms with Gasteiger partial charge in [0.25, 0.3) is 0 Å². The lowest BCUT2D eigenvalue weighted by molar-refractivity contribution is 0.285. The fraction of sp³-hybridized carbons (Fsp3) is 0.400. The van der Waals surface area contributed by atoms with Gasteiger partial charge in [0.15, 0.2) is 0 Å². The van der Waals surface area contributed by atoms with Crippen LogP contribution in [0.5, 0.6) is 0 Å². The maximum absolute atomic E-state index is 11.9. The number of aliphatic hydroxyl groups is 1. The number of aromatic nitrogens is 3. The van der Waals surface area contributed by atoms with Gasteiger partial charge in [-0.15, -0.1) is 11.3 Å². The Labute approximate surface area is 114 Å². The lowest BCUT2D eigenvalue weighted by atomic mass is 10.3. The van der Waals surface area contributed by atoms with Crippen LogP contribution in [0.3, 0.4) is 0 Å². The van der Waals surface area contributed by atoms with Crippen molar-refractivity contribution >= 4 is 21.4 Å². The highest BCUT2D eigenvalue weighted by Crippen LogP contribution is 2.21. The van der Waals surface area contributed by atoms with Gasteiger partial charge >= 0.3 is 0 Å². The van der Waals surface area contributed by atoms with Gasteiger partial charge in [0.1, 0.15) is 16.4 Å². The van der Waals surface area contributed by atoms with E-state index in [0.717, 1.165) is 17.2 Å². The van der Waals surface area contributed by atoms with Crippen LogP contribution in [0.25, 0.3) is 0 Å². The first kappa shape index (κ1) is 14.1. The van der Waals surface area contributed by atoms with E-state index in [4.69, 9.17) is 5.11 Å². The molecule has 0 aromatic carbocycles. The maximum Gasteiger partial charge on any atom is 0.250 e. The van der Waals surface area contributed by atoms with Crippen molar-refractivity contribution in [2.45, 2.75) is 23.7 Å². The van der Waals surface area contributed by atoms with Crippen LogP contribution in [0.4, 0.5) is 0 Å². The molecule has 104 valence electrons. The SMILES string of the molecule is O=S(=O)(NCCCc1ncn[nH]1)c1ccc(CO)s1. The van der Waals surface area contributed by atoms with Gasteiger partial charge in [-0.1, -0.05) is 0 Å². The van der Waals surface area contributed by atoms with Crippen molar-refractivity contribution in [1.29, 1.82) is 0 Å². The Morgan fingerprint density at radius 3 is 2.89 bits per heavy atom. The fourth-order valence-electron chi connectivity index (χ4n) is 1.47. The number of aryl methyl sites for hydroxylation is 1. The second-order valence-electron chi connectivity index (χ2n) is 3.81. The number of nitrogens with zero attached hydrogens (tertiary/aromatic N) is 2. The van der Waals surface area contributed by atoms with Gasteiger partial charge in [-0.3, -0.25) is 5.10 Å². The van der Waals surface area contributed by atoms with Gasteiger partial charge in [0.05, 0.1) is 6.61 Å². The lowest BCUT2D eigenvalue weighted by Crippen LogP contribution is -2.24. The van der Waals surface area contributed by atoms with Crippen LogP contribution in [0, 0.1) is 0 Å². The van der Waals surface area contributed by atoms with Crippen molar-refractivity contribution in [3.05, 3.63) is 29.2 Å². The zero-order chi connectivity index (χ0) is 13.7. The van der Waals surface area contributed by atoms with Crippen molar-refractivity contribution in [3.8, 4) is 0 Å². The largest absolute Gasteiger partial charge is 0.391 e. The number of H-pyrrole nitrogens is 1. The van der Waals surface area contributed by atoms with Gasteiger partial charge in [-0.05, 0) is 18.6 Å². The summed E-state index contributed by atoms with van der Waals surface area (Å²) in [6.45, 7) is 0.182. The Hall–Kier alpha value is -1.29. The van der Waals surface area contributed by atoms with E-state index < -0.39 is 10.0 Å². The van der Waals surface area contributed by atoms with Crippen LogP contribution in [0.2, 0.25) is 0 Å². The number of rotatable bonds is 7. The second-order valence-corrected chi connectivity index (χ2v) is 6.97. The van der Waals surface area contributed by atoms with Gasteiger partial charge in [-0.2, -0.15) is 5.10 Å². The standard InChI is InChI=1S/C10H14N4O3S2/c15-6-8-3-4-10(18-8)19(16,17)13-5-1-2-9-11-7-12-14-9/h3-4,7,13,15H,1-2,5-6H2,(H,11,12,14). The minimum atomic E-state index is -3.48. The van der Waals surface area contributed by atoms with Crippen LogP contribution in [0.15, 0.2) is 22.7 Å². The zero-order valence-electron chi connectivity index (χ0n) is 10.0.